The number of halogens is 2. The normalized spacial score (nSPS) is 10.5. The van der Waals surface area contributed by atoms with E-state index in [1.165, 1.54) is 11.3 Å². The van der Waals surface area contributed by atoms with E-state index in [0.717, 1.165) is 16.3 Å². The maximum absolute atomic E-state index is 6.39. The molecule has 0 saturated heterocycles. The average Bonchev–Trinajstić information content (AvgIpc) is 3.14. The molecule has 0 fully saturated rings. The standard InChI is InChI=1S/C18H16Cl2N2O2S/c1-23-16-8-13(10-22-18-21-6-7-25-18)15(20)9-17(16)24-11-12-2-4-14(19)5-3-12/h2-9H,10-11H2,1H3,(H,21,22). The number of hydrogen-bond acceptors (Lipinski definition) is 5. The van der Waals surface area contributed by atoms with Gasteiger partial charge in [0.1, 0.15) is 6.61 Å². The summed E-state index contributed by atoms with van der Waals surface area (Å²) >= 11 is 13.8. The second-order valence-corrected chi connectivity index (χ2v) is 6.94. The van der Waals surface area contributed by atoms with E-state index >= 15 is 0 Å². The second kappa shape index (κ2) is 8.43. The number of benzene rings is 2. The van der Waals surface area contributed by atoms with Gasteiger partial charge in [0.2, 0.25) is 0 Å². The molecule has 0 aliphatic rings. The molecule has 0 unspecified atom stereocenters. The maximum atomic E-state index is 6.39. The van der Waals surface area contributed by atoms with Gasteiger partial charge in [-0.3, -0.25) is 0 Å². The summed E-state index contributed by atoms with van der Waals surface area (Å²) in [4.78, 5) is 4.19. The third-order valence-electron chi connectivity index (χ3n) is 3.50. The Bertz CT molecular complexity index is 824. The lowest BCUT2D eigenvalue weighted by Crippen LogP contribution is -2.02. The van der Waals surface area contributed by atoms with Crippen LogP contribution in [-0.2, 0) is 13.2 Å². The van der Waals surface area contributed by atoms with Crippen molar-refractivity contribution in [1.29, 1.82) is 0 Å². The van der Waals surface area contributed by atoms with E-state index < -0.39 is 0 Å². The summed E-state index contributed by atoms with van der Waals surface area (Å²) in [5.41, 5.74) is 1.92. The van der Waals surface area contributed by atoms with Gasteiger partial charge < -0.3 is 14.8 Å². The minimum absolute atomic E-state index is 0.403. The van der Waals surface area contributed by atoms with Gasteiger partial charge in [-0.1, -0.05) is 35.3 Å². The quantitative estimate of drug-likeness (QED) is 0.562. The van der Waals surface area contributed by atoms with E-state index in [2.05, 4.69) is 10.3 Å². The van der Waals surface area contributed by atoms with Crippen molar-refractivity contribution in [1.82, 2.24) is 4.98 Å². The summed E-state index contributed by atoms with van der Waals surface area (Å²) in [5.74, 6) is 1.23. The number of methoxy groups -OCH3 is 1. The van der Waals surface area contributed by atoms with Gasteiger partial charge in [0.15, 0.2) is 16.6 Å². The summed E-state index contributed by atoms with van der Waals surface area (Å²) in [7, 11) is 1.61. The lowest BCUT2D eigenvalue weighted by Gasteiger charge is -2.14. The maximum Gasteiger partial charge on any atom is 0.182 e. The molecular formula is C18H16Cl2N2O2S. The highest BCUT2D eigenvalue weighted by Crippen LogP contribution is 2.34. The molecule has 3 aromatic rings. The van der Waals surface area contributed by atoms with Crippen molar-refractivity contribution in [2.45, 2.75) is 13.2 Å². The molecule has 25 heavy (non-hydrogen) atoms. The zero-order valence-electron chi connectivity index (χ0n) is 13.5. The Balaban J connectivity index is 1.71. The molecule has 0 atom stereocenters. The van der Waals surface area contributed by atoms with Crippen LogP contribution in [0.3, 0.4) is 0 Å². The van der Waals surface area contributed by atoms with Gasteiger partial charge in [-0.05, 0) is 29.3 Å². The third-order valence-corrected chi connectivity index (χ3v) is 4.84. The first-order chi connectivity index (χ1) is 12.2. The molecule has 0 aliphatic heterocycles. The van der Waals surface area contributed by atoms with Crippen molar-refractivity contribution in [3.8, 4) is 11.5 Å². The Labute approximate surface area is 160 Å². The summed E-state index contributed by atoms with van der Waals surface area (Å²) in [6.07, 6.45) is 1.75. The number of hydrogen-bond donors (Lipinski definition) is 1. The Kier molecular flexibility index (Phi) is 6.02. The fourth-order valence-corrected chi connectivity index (χ4v) is 3.08. The molecule has 7 heteroatoms. The molecule has 0 aliphatic carbocycles. The average molecular weight is 395 g/mol. The van der Waals surface area contributed by atoms with Gasteiger partial charge in [0.25, 0.3) is 0 Å². The molecule has 0 radical (unpaired) electrons. The van der Waals surface area contributed by atoms with E-state index in [1.54, 1.807) is 19.4 Å². The van der Waals surface area contributed by atoms with Crippen LogP contribution in [0.1, 0.15) is 11.1 Å². The highest BCUT2D eigenvalue weighted by molar-refractivity contribution is 7.13. The van der Waals surface area contributed by atoms with Crippen LogP contribution in [-0.4, -0.2) is 12.1 Å². The molecule has 4 nitrogen and oxygen atoms in total. The lowest BCUT2D eigenvalue weighted by molar-refractivity contribution is 0.284. The number of aromatic nitrogens is 1. The molecule has 0 bridgehead atoms. The van der Waals surface area contributed by atoms with E-state index in [4.69, 9.17) is 32.7 Å². The predicted molar refractivity (Wildman–Crippen MR) is 103 cm³/mol. The van der Waals surface area contributed by atoms with Gasteiger partial charge in [-0.2, -0.15) is 0 Å². The molecular weight excluding hydrogens is 379 g/mol. The van der Waals surface area contributed by atoms with Gasteiger partial charge in [0, 0.05) is 34.2 Å². The number of nitrogens with zero attached hydrogens (tertiary/aromatic N) is 1. The van der Waals surface area contributed by atoms with Gasteiger partial charge in [0.05, 0.1) is 7.11 Å². The number of rotatable bonds is 7. The molecule has 1 aromatic heterocycles. The number of anilines is 1. The van der Waals surface area contributed by atoms with Gasteiger partial charge in [-0.25, -0.2) is 4.98 Å². The van der Waals surface area contributed by atoms with Crippen LogP contribution in [0.25, 0.3) is 0 Å². The van der Waals surface area contributed by atoms with Crippen molar-refractivity contribution >= 4 is 39.7 Å². The monoisotopic (exact) mass is 394 g/mol. The minimum Gasteiger partial charge on any atom is -0.493 e. The molecule has 130 valence electrons. The summed E-state index contributed by atoms with van der Waals surface area (Å²) in [6, 6.07) is 11.1. The SMILES string of the molecule is COc1cc(CNc2nccs2)c(Cl)cc1OCc1ccc(Cl)cc1. The molecule has 1 N–H and O–H groups in total. The van der Waals surface area contributed by atoms with Crippen molar-refractivity contribution in [3.63, 3.8) is 0 Å². The number of nitrogens with one attached hydrogen (secondary N) is 1. The van der Waals surface area contributed by atoms with Crippen LogP contribution >= 0.6 is 34.5 Å². The molecule has 0 amide bonds. The topological polar surface area (TPSA) is 43.4 Å². The van der Waals surface area contributed by atoms with Gasteiger partial charge >= 0.3 is 0 Å². The van der Waals surface area contributed by atoms with Crippen LogP contribution < -0.4 is 14.8 Å². The number of thiazole rings is 1. The smallest absolute Gasteiger partial charge is 0.182 e. The Morgan fingerprint density at radius 1 is 1.12 bits per heavy atom. The Morgan fingerprint density at radius 2 is 1.92 bits per heavy atom. The second-order valence-electron chi connectivity index (χ2n) is 5.20. The molecule has 3 rings (SSSR count). The molecule has 1 heterocycles. The summed E-state index contributed by atoms with van der Waals surface area (Å²) in [5, 5.41) is 7.29. The van der Waals surface area contributed by atoms with Crippen molar-refractivity contribution in [2.24, 2.45) is 0 Å². The third kappa shape index (κ3) is 4.78. The van der Waals surface area contributed by atoms with Crippen LogP contribution in [0.5, 0.6) is 11.5 Å². The highest BCUT2D eigenvalue weighted by atomic mass is 35.5. The van der Waals surface area contributed by atoms with Crippen LogP contribution in [0.2, 0.25) is 10.0 Å². The Hall–Kier alpha value is -1.95. The first-order valence-corrected chi connectivity index (χ1v) is 9.16. The van der Waals surface area contributed by atoms with Crippen molar-refractivity contribution < 1.29 is 9.47 Å². The van der Waals surface area contributed by atoms with E-state index in [1.807, 2.05) is 35.7 Å². The van der Waals surface area contributed by atoms with E-state index in [-0.39, 0.29) is 0 Å². The lowest BCUT2D eigenvalue weighted by atomic mass is 10.2. The summed E-state index contributed by atoms with van der Waals surface area (Å²) in [6.45, 7) is 0.959. The first kappa shape index (κ1) is 17.9. The van der Waals surface area contributed by atoms with E-state index in [0.29, 0.717) is 34.7 Å². The largest absolute Gasteiger partial charge is 0.493 e. The first-order valence-electron chi connectivity index (χ1n) is 7.52. The van der Waals surface area contributed by atoms with Crippen molar-refractivity contribution in [3.05, 3.63) is 69.1 Å². The highest BCUT2D eigenvalue weighted by Gasteiger charge is 2.11. The number of ether oxygens (including phenoxy) is 2. The van der Waals surface area contributed by atoms with Crippen LogP contribution in [0, 0.1) is 0 Å². The summed E-state index contributed by atoms with van der Waals surface area (Å²) < 4.78 is 11.3. The van der Waals surface area contributed by atoms with Crippen LogP contribution in [0.15, 0.2) is 48.0 Å². The van der Waals surface area contributed by atoms with Gasteiger partial charge in [-0.15, -0.1) is 11.3 Å². The minimum atomic E-state index is 0.403. The molecule has 0 spiro atoms. The molecule has 0 saturated carbocycles. The van der Waals surface area contributed by atoms with Crippen molar-refractivity contribution in [2.75, 3.05) is 12.4 Å². The fourth-order valence-electron chi connectivity index (χ4n) is 2.21. The van der Waals surface area contributed by atoms with Crippen LogP contribution in [0.4, 0.5) is 5.13 Å². The Morgan fingerprint density at radius 3 is 2.60 bits per heavy atom. The molecule has 2 aromatic carbocycles. The fraction of sp³-hybridized carbons (Fsp3) is 0.167. The van der Waals surface area contributed by atoms with E-state index in [9.17, 15) is 0 Å². The predicted octanol–water partition coefficient (Wildman–Crippen LogP) is 5.65. The zero-order valence-corrected chi connectivity index (χ0v) is 15.8. The zero-order chi connectivity index (χ0) is 17.6.